The summed E-state index contributed by atoms with van der Waals surface area (Å²) < 4.78 is 49.7. The zero-order valence-electron chi connectivity index (χ0n) is 22.6. The second kappa shape index (κ2) is 9.10. The maximum absolute atomic E-state index is 13.3. The van der Waals surface area contributed by atoms with Crippen molar-refractivity contribution < 1.29 is 42.4 Å². The van der Waals surface area contributed by atoms with Gasteiger partial charge < -0.3 is 24.1 Å². The third-order valence-electron chi connectivity index (χ3n) is 10.9. The fraction of sp³-hybridized carbons (Fsp3) is 0.931. The monoisotopic (exact) mass is 540 g/mol. The van der Waals surface area contributed by atoms with Gasteiger partial charge in [-0.05, 0) is 87.4 Å². The average Bonchev–Trinajstić information content (AvgIpc) is 2.80. The number of carbonyl (C=O) groups is 2. The highest BCUT2D eigenvalue weighted by molar-refractivity contribution is 5.76. The number of halogens is 2. The van der Waals surface area contributed by atoms with Crippen molar-refractivity contribution in [2.24, 2.45) is 29.6 Å². The van der Waals surface area contributed by atoms with Gasteiger partial charge in [-0.3, -0.25) is 0 Å². The van der Waals surface area contributed by atoms with E-state index in [2.05, 4.69) is 11.7 Å². The van der Waals surface area contributed by atoms with Crippen LogP contribution >= 0.6 is 0 Å². The predicted octanol–water partition coefficient (Wildman–Crippen LogP) is 4.57. The van der Waals surface area contributed by atoms with Crippen LogP contribution in [0.1, 0.15) is 90.9 Å². The Bertz CT molecular complexity index is 937. The molecule has 0 aromatic carbocycles. The third-order valence-corrected chi connectivity index (χ3v) is 10.9. The molecule has 8 bridgehead atoms. The molecule has 9 heteroatoms. The van der Waals surface area contributed by atoms with Gasteiger partial charge in [-0.15, -0.1) is 0 Å². The summed E-state index contributed by atoms with van der Waals surface area (Å²) in [5.41, 5.74) is -2.71. The molecule has 7 nitrogen and oxygen atoms in total. The van der Waals surface area contributed by atoms with E-state index in [1.807, 2.05) is 0 Å². The van der Waals surface area contributed by atoms with Gasteiger partial charge in [-0.1, -0.05) is 6.92 Å². The minimum atomic E-state index is -3.55. The molecular weight excluding hydrogens is 498 g/mol. The summed E-state index contributed by atoms with van der Waals surface area (Å²) in [5, 5.41) is 11.4. The standard InChI is InChI=1S/C29H42F2O7/c1-3-29(21-7-18-6-19(9-21)10-22(29)8-18)38-23(32)14-37-28-13-20-11-26(34,16-28)15-27(12-20,17-28)36-5-4-35-24(33)25(2,30)31/h18-22,34H,3-17H2,1-2H3. The van der Waals surface area contributed by atoms with E-state index in [1.54, 1.807) is 0 Å². The van der Waals surface area contributed by atoms with E-state index in [0.29, 0.717) is 44.4 Å². The molecule has 0 aromatic rings. The largest absolute Gasteiger partial charge is 0.459 e. The van der Waals surface area contributed by atoms with Gasteiger partial charge >= 0.3 is 17.9 Å². The van der Waals surface area contributed by atoms with Crippen molar-refractivity contribution in [2.45, 2.75) is 119 Å². The molecule has 0 radical (unpaired) electrons. The fourth-order valence-electron chi connectivity index (χ4n) is 10.3. The number of rotatable bonds is 10. The number of hydrogen-bond donors (Lipinski definition) is 1. The second-order valence-corrected chi connectivity index (χ2v) is 13.8. The summed E-state index contributed by atoms with van der Waals surface area (Å²) in [6.07, 6.45) is 10.4. The van der Waals surface area contributed by atoms with Crippen molar-refractivity contribution in [1.29, 1.82) is 0 Å². The van der Waals surface area contributed by atoms with Gasteiger partial charge in [0, 0.05) is 26.2 Å². The lowest BCUT2D eigenvalue weighted by Crippen LogP contribution is -2.67. The van der Waals surface area contributed by atoms with Crippen molar-refractivity contribution in [3.63, 3.8) is 0 Å². The molecule has 0 aliphatic heterocycles. The van der Waals surface area contributed by atoms with Crippen molar-refractivity contribution in [2.75, 3.05) is 19.8 Å². The van der Waals surface area contributed by atoms with Crippen LogP contribution in [-0.4, -0.2) is 65.2 Å². The lowest BCUT2D eigenvalue weighted by molar-refractivity contribution is -0.283. The van der Waals surface area contributed by atoms with Crippen LogP contribution in [0.25, 0.3) is 0 Å². The Hall–Kier alpha value is -1.32. The Kier molecular flexibility index (Phi) is 6.44. The number of aliphatic hydroxyl groups is 1. The van der Waals surface area contributed by atoms with Crippen LogP contribution in [0.15, 0.2) is 0 Å². The molecule has 1 N–H and O–H groups in total. The van der Waals surface area contributed by atoms with E-state index in [1.165, 1.54) is 32.1 Å². The molecule has 0 spiro atoms. The highest BCUT2D eigenvalue weighted by atomic mass is 19.3. The van der Waals surface area contributed by atoms with Gasteiger partial charge in [0.1, 0.15) is 18.8 Å². The van der Waals surface area contributed by atoms with Crippen molar-refractivity contribution in [3.05, 3.63) is 0 Å². The first-order chi connectivity index (χ1) is 17.9. The maximum Gasteiger partial charge on any atom is 0.376 e. The molecular formula is C29H42F2O7. The van der Waals surface area contributed by atoms with Crippen LogP contribution in [0.4, 0.5) is 8.78 Å². The van der Waals surface area contributed by atoms with E-state index in [9.17, 15) is 23.5 Å². The minimum absolute atomic E-state index is 0.0352. The van der Waals surface area contributed by atoms with Gasteiger partial charge in [0.2, 0.25) is 0 Å². The Balaban J connectivity index is 1.08. The molecule has 0 aromatic heterocycles. The first-order valence-electron chi connectivity index (χ1n) is 14.6. The number of carbonyl (C=O) groups excluding carboxylic acids is 2. The Morgan fingerprint density at radius 2 is 1.47 bits per heavy atom. The van der Waals surface area contributed by atoms with E-state index in [0.717, 1.165) is 31.1 Å². The first kappa shape index (κ1) is 26.9. The molecule has 4 atom stereocenters. The highest BCUT2D eigenvalue weighted by Crippen LogP contribution is 2.62. The Labute approximate surface area is 223 Å². The van der Waals surface area contributed by atoms with Gasteiger partial charge in [-0.25, -0.2) is 9.59 Å². The van der Waals surface area contributed by atoms with Gasteiger partial charge in [0.25, 0.3) is 0 Å². The van der Waals surface area contributed by atoms with Crippen LogP contribution < -0.4 is 0 Å². The highest BCUT2D eigenvalue weighted by Gasteiger charge is 2.65. The molecule has 8 rings (SSSR count). The van der Waals surface area contributed by atoms with Crippen LogP contribution in [0.3, 0.4) is 0 Å². The van der Waals surface area contributed by atoms with Crippen molar-refractivity contribution in [3.8, 4) is 0 Å². The quantitative estimate of drug-likeness (QED) is 0.321. The van der Waals surface area contributed by atoms with Crippen LogP contribution in [0.5, 0.6) is 0 Å². The SMILES string of the molecule is CCC1(OC(=O)COC23CC4CC(O)(CC(OCCOC(=O)C(C)(F)F)(C4)C2)C3)C2CC3CC(C2)CC1C3. The molecule has 8 aliphatic carbocycles. The Morgan fingerprint density at radius 3 is 2.03 bits per heavy atom. The molecule has 38 heavy (non-hydrogen) atoms. The summed E-state index contributed by atoms with van der Waals surface area (Å²) >= 11 is 0. The topological polar surface area (TPSA) is 91.3 Å². The second-order valence-electron chi connectivity index (χ2n) is 13.8. The third kappa shape index (κ3) is 4.68. The minimum Gasteiger partial charge on any atom is -0.459 e. The van der Waals surface area contributed by atoms with Crippen LogP contribution in [-0.2, 0) is 28.5 Å². The average molecular weight is 541 g/mol. The smallest absolute Gasteiger partial charge is 0.376 e. The zero-order chi connectivity index (χ0) is 27.0. The molecule has 4 unspecified atom stereocenters. The summed E-state index contributed by atoms with van der Waals surface area (Å²) in [6.45, 7) is 2.19. The van der Waals surface area contributed by atoms with E-state index < -0.39 is 28.7 Å². The molecule has 8 saturated carbocycles. The molecule has 0 heterocycles. The number of alkyl halides is 2. The number of esters is 2. The summed E-state index contributed by atoms with van der Waals surface area (Å²) in [4.78, 5) is 24.6. The normalized spacial score (nSPS) is 46.4. The summed E-state index contributed by atoms with van der Waals surface area (Å²) in [5.74, 6) is -2.78. The number of ether oxygens (including phenoxy) is 4. The van der Waals surface area contributed by atoms with Crippen LogP contribution in [0.2, 0.25) is 0 Å². The fourth-order valence-corrected chi connectivity index (χ4v) is 10.3. The van der Waals surface area contributed by atoms with E-state index >= 15 is 0 Å². The van der Waals surface area contributed by atoms with E-state index in [-0.39, 0.29) is 37.3 Å². The lowest BCUT2D eigenvalue weighted by Gasteiger charge is -2.64. The first-order valence-corrected chi connectivity index (χ1v) is 14.6. The molecule has 0 amide bonds. The Morgan fingerprint density at radius 1 is 0.868 bits per heavy atom. The van der Waals surface area contributed by atoms with Crippen molar-refractivity contribution in [1.82, 2.24) is 0 Å². The summed E-state index contributed by atoms with van der Waals surface area (Å²) in [6, 6.07) is 0. The van der Waals surface area contributed by atoms with E-state index in [4.69, 9.17) is 14.2 Å². The molecule has 8 fully saturated rings. The van der Waals surface area contributed by atoms with Crippen LogP contribution in [0, 0.1) is 29.6 Å². The van der Waals surface area contributed by atoms with Gasteiger partial charge in [0.15, 0.2) is 0 Å². The summed E-state index contributed by atoms with van der Waals surface area (Å²) in [7, 11) is 0. The zero-order valence-corrected chi connectivity index (χ0v) is 22.6. The number of hydrogen-bond acceptors (Lipinski definition) is 7. The predicted molar refractivity (Wildman–Crippen MR) is 131 cm³/mol. The van der Waals surface area contributed by atoms with Gasteiger partial charge in [-0.2, -0.15) is 8.78 Å². The van der Waals surface area contributed by atoms with Crippen molar-refractivity contribution >= 4 is 11.9 Å². The van der Waals surface area contributed by atoms with Gasteiger partial charge in [0.05, 0.1) is 23.4 Å². The molecule has 214 valence electrons. The molecule has 8 aliphatic rings. The molecule has 0 saturated heterocycles. The lowest BCUT2D eigenvalue weighted by atomic mass is 9.49. The maximum atomic E-state index is 13.3.